The second kappa shape index (κ2) is 9.21. The molecule has 0 aliphatic heterocycles. The molecule has 3 rings (SSSR count). The second-order valence-corrected chi connectivity index (χ2v) is 8.65. The molecule has 0 saturated heterocycles. The van der Waals surface area contributed by atoms with Gasteiger partial charge in [-0.15, -0.1) is 0 Å². The van der Waals surface area contributed by atoms with Crippen molar-refractivity contribution in [1.29, 1.82) is 0 Å². The summed E-state index contributed by atoms with van der Waals surface area (Å²) in [5, 5.41) is 9.63. The minimum absolute atomic E-state index is 0.109. The van der Waals surface area contributed by atoms with E-state index in [-0.39, 0.29) is 29.5 Å². The third-order valence-electron chi connectivity index (χ3n) is 4.80. The molecule has 0 saturated carbocycles. The fourth-order valence-electron chi connectivity index (χ4n) is 3.18. The summed E-state index contributed by atoms with van der Waals surface area (Å²) in [7, 11) is 1.48. The van der Waals surface area contributed by atoms with Gasteiger partial charge >= 0.3 is 0 Å². The Morgan fingerprint density at radius 1 is 1.03 bits per heavy atom. The number of hydrogen-bond acceptors (Lipinski definition) is 6. The maximum Gasteiger partial charge on any atom is 0.261 e. The summed E-state index contributed by atoms with van der Waals surface area (Å²) in [6.07, 6.45) is 0.109. The number of rotatable bonds is 6. The molecule has 2 amide bonds. The van der Waals surface area contributed by atoms with Gasteiger partial charge in [0.15, 0.2) is 0 Å². The van der Waals surface area contributed by atoms with Crippen LogP contribution in [0.25, 0.3) is 0 Å². The fourth-order valence-corrected chi connectivity index (χ4v) is 3.18. The average molecular weight is 437 g/mol. The summed E-state index contributed by atoms with van der Waals surface area (Å²) >= 11 is 0. The van der Waals surface area contributed by atoms with E-state index >= 15 is 0 Å². The molecule has 0 spiro atoms. The van der Waals surface area contributed by atoms with Crippen LogP contribution in [0.3, 0.4) is 0 Å². The molecule has 8 nitrogen and oxygen atoms in total. The summed E-state index contributed by atoms with van der Waals surface area (Å²) in [6.45, 7) is 9.74. The number of ether oxygens (including phenoxy) is 1. The predicted octanol–water partition coefficient (Wildman–Crippen LogP) is 4.43. The zero-order chi connectivity index (χ0) is 23.5. The molecule has 0 atom stereocenters. The number of amides is 2. The number of carbonyl (C=O) groups excluding carboxylic acids is 2. The van der Waals surface area contributed by atoms with Gasteiger partial charge in [-0.3, -0.25) is 9.59 Å². The van der Waals surface area contributed by atoms with Crippen LogP contribution in [0.15, 0.2) is 40.9 Å². The highest BCUT2D eigenvalue weighted by atomic mass is 16.5. The first-order chi connectivity index (χ1) is 15.1. The van der Waals surface area contributed by atoms with Crippen LogP contribution in [0.4, 0.5) is 11.4 Å². The van der Waals surface area contributed by atoms with Crippen LogP contribution >= 0.6 is 0 Å². The highest BCUT2D eigenvalue weighted by molar-refractivity contribution is 6.07. The Hall–Kier alpha value is -3.68. The number of hydrogen-bond donors (Lipinski definition) is 2. The van der Waals surface area contributed by atoms with Gasteiger partial charge in [0, 0.05) is 28.6 Å². The first-order valence-electron chi connectivity index (χ1n) is 10.3. The van der Waals surface area contributed by atoms with Crippen molar-refractivity contribution in [2.75, 3.05) is 17.7 Å². The van der Waals surface area contributed by atoms with Crippen LogP contribution in [-0.4, -0.2) is 29.1 Å². The Labute approximate surface area is 187 Å². The van der Waals surface area contributed by atoms with Gasteiger partial charge in [-0.25, -0.2) is 4.98 Å². The molecule has 2 N–H and O–H groups in total. The van der Waals surface area contributed by atoms with Gasteiger partial charge in [-0.1, -0.05) is 25.9 Å². The molecule has 1 aromatic carbocycles. The topological polar surface area (TPSA) is 106 Å². The minimum atomic E-state index is -0.315. The molecule has 0 bridgehead atoms. The molecule has 168 valence electrons. The third kappa shape index (κ3) is 5.51. The number of carbonyl (C=O) groups is 2. The molecular formula is C24H28N4O4. The molecule has 0 radical (unpaired) electrons. The third-order valence-corrected chi connectivity index (χ3v) is 4.80. The van der Waals surface area contributed by atoms with E-state index in [4.69, 9.17) is 9.26 Å². The molecule has 3 aromatic rings. The van der Waals surface area contributed by atoms with E-state index in [9.17, 15) is 9.59 Å². The molecular weight excluding hydrogens is 408 g/mol. The molecule has 2 heterocycles. The Morgan fingerprint density at radius 3 is 2.22 bits per heavy atom. The van der Waals surface area contributed by atoms with E-state index in [0.29, 0.717) is 22.6 Å². The van der Waals surface area contributed by atoms with Gasteiger partial charge in [-0.2, -0.15) is 0 Å². The largest absolute Gasteiger partial charge is 0.480 e. The summed E-state index contributed by atoms with van der Waals surface area (Å²) < 4.78 is 10.6. The van der Waals surface area contributed by atoms with Crippen molar-refractivity contribution >= 4 is 23.2 Å². The zero-order valence-corrected chi connectivity index (χ0v) is 19.2. The lowest BCUT2D eigenvalue weighted by Crippen LogP contribution is -2.16. The number of nitrogens with one attached hydrogen (secondary N) is 2. The Morgan fingerprint density at radius 2 is 1.66 bits per heavy atom. The van der Waals surface area contributed by atoms with Crippen LogP contribution in [0, 0.1) is 13.8 Å². The van der Waals surface area contributed by atoms with Crippen LogP contribution < -0.4 is 15.4 Å². The lowest BCUT2D eigenvalue weighted by Gasteiger charge is -2.12. The summed E-state index contributed by atoms with van der Waals surface area (Å²) in [4.78, 5) is 29.4. The second-order valence-electron chi connectivity index (χ2n) is 8.65. The van der Waals surface area contributed by atoms with Crippen LogP contribution in [0.2, 0.25) is 0 Å². The highest BCUT2D eigenvalue weighted by Crippen LogP contribution is 2.24. The van der Waals surface area contributed by atoms with E-state index in [1.807, 2.05) is 40.7 Å². The first-order valence-corrected chi connectivity index (χ1v) is 10.3. The standard InChI is InChI=1S/C24H28N4O4/c1-14-11-15(2)25-23(31-6)21(14)22(30)27-17-9-7-16(8-10-17)26-20(29)13-18-12-19(32-28-18)24(3,4)5/h7-12H,13H2,1-6H3,(H,26,29)(H,27,30). The van der Waals surface area contributed by atoms with Crippen molar-refractivity contribution in [2.24, 2.45) is 0 Å². The maximum absolute atomic E-state index is 12.7. The lowest BCUT2D eigenvalue weighted by atomic mass is 9.93. The molecule has 8 heteroatoms. The predicted molar refractivity (Wildman–Crippen MR) is 122 cm³/mol. The number of methoxy groups -OCH3 is 1. The number of aryl methyl sites for hydroxylation is 2. The Balaban J connectivity index is 1.62. The van der Waals surface area contributed by atoms with Gasteiger partial charge in [0.05, 0.1) is 19.2 Å². The molecule has 2 aromatic heterocycles. The van der Waals surface area contributed by atoms with Crippen molar-refractivity contribution in [2.45, 2.75) is 46.5 Å². The van der Waals surface area contributed by atoms with E-state index in [1.165, 1.54) is 7.11 Å². The Kier molecular flexibility index (Phi) is 6.62. The maximum atomic E-state index is 12.7. The highest BCUT2D eigenvalue weighted by Gasteiger charge is 2.21. The lowest BCUT2D eigenvalue weighted by molar-refractivity contribution is -0.115. The molecule has 0 aliphatic carbocycles. The summed E-state index contributed by atoms with van der Waals surface area (Å²) in [5.41, 5.74) is 3.54. The number of aromatic nitrogens is 2. The van der Waals surface area contributed by atoms with Crippen molar-refractivity contribution in [1.82, 2.24) is 10.1 Å². The van der Waals surface area contributed by atoms with Gasteiger partial charge < -0.3 is 19.9 Å². The average Bonchev–Trinajstić information content (AvgIpc) is 3.17. The number of benzene rings is 1. The van der Waals surface area contributed by atoms with Gasteiger partial charge in [-0.05, 0) is 49.7 Å². The van der Waals surface area contributed by atoms with Crippen molar-refractivity contribution in [3.63, 3.8) is 0 Å². The quantitative estimate of drug-likeness (QED) is 0.592. The smallest absolute Gasteiger partial charge is 0.261 e. The fraction of sp³-hybridized carbons (Fsp3) is 0.333. The van der Waals surface area contributed by atoms with E-state index < -0.39 is 0 Å². The molecule has 0 fully saturated rings. The van der Waals surface area contributed by atoms with E-state index in [1.54, 1.807) is 30.3 Å². The van der Waals surface area contributed by atoms with E-state index in [2.05, 4.69) is 20.8 Å². The first kappa shape index (κ1) is 23.0. The molecule has 0 unspecified atom stereocenters. The SMILES string of the molecule is COc1nc(C)cc(C)c1C(=O)Nc1ccc(NC(=O)Cc2cc(C(C)(C)C)on2)cc1. The summed E-state index contributed by atoms with van der Waals surface area (Å²) in [6, 6.07) is 10.5. The molecule has 32 heavy (non-hydrogen) atoms. The normalized spacial score (nSPS) is 11.2. The van der Waals surface area contributed by atoms with Crippen molar-refractivity contribution in [3.05, 3.63) is 64.7 Å². The number of pyridine rings is 1. The number of nitrogens with zero attached hydrogens (tertiary/aromatic N) is 2. The monoisotopic (exact) mass is 436 g/mol. The molecule has 0 aliphatic rings. The number of anilines is 2. The summed E-state index contributed by atoms with van der Waals surface area (Å²) in [5.74, 6) is 0.494. The van der Waals surface area contributed by atoms with Gasteiger partial charge in [0.25, 0.3) is 5.91 Å². The Bertz CT molecular complexity index is 1130. The van der Waals surface area contributed by atoms with Crippen molar-refractivity contribution in [3.8, 4) is 5.88 Å². The van der Waals surface area contributed by atoms with Crippen LogP contribution in [-0.2, 0) is 16.6 Å². The van der Waals surface area contributed by atoms with Crippen LogP contribution in [0.1, 0.15) is 53.8 Å². The minimum Gasteiger partial charge on any atom is -0.480 e. The van der Waals surface area contributed by atoms with Gasteiger partial charge in [0.2, 0.25) is 11.8 Å². The van der Waals surface area contributed by atoms with E-state index in [0.717, 1.165) is 17.0 Å². The zero-order valence-electron chi connectivity index (χ0n) is 19.2. The van der Waals surface area contributed by atoms with Crippen molar-refractivity contribution < 1.29 is 18.8 Å². The van der Waals surface area contributed by atoms with Crippen LogP contribution in [0.5, 0.6) is 5.88 Å². The van der Waals surface area contributed by atoms with Gasteiger partial charge in [0.1, 0.15) is 11.3 Å².